The lowest BCUT2D eigenvalue weighted by Crippen LogP contribution is -2.53. The standard InChI is InChI=1S/C31H29Cl2N3O4S/c1-34-31(38)29(20-23-12-4-2-5-13-23)35(21-24-14-8-9-17-26(24)32)30(37)22-36(28-19-11-10-18-27(28)33)41(39,40)25-15-6-3-7-16-25/h2-19,29H,20-22H2,1H3,(H,34,38). The molecule has 0 aliphatic rings. The lowest BCUT2D eigenvalue weighted by atomic mass is 10.0. The largest absolute Gasteiger partial charge is 0.357 e. The van der Waals surface area contributed by atoms with Gasteiger partial charge in [-0.1, -0.05) is 102 Å². The Morgan fingerprint density at radius 2 is 1.34 bits per heavy atom. The van der Waals surface area contributed by atoms with E-state index >= 15 is 0 Å². The normalized spacial score (nSPS) is 11.9. The molecule has 1 atom stereocenters. The highest BCUT2D eigenvalue weighted by Crippen LogP contribution is 2.31. The lowest BCUT2D eigenvalue weighted by Gasteiger charge is -2.34. The van der Waals surface area contributed by atoms with E-state index in [0.29, 0.717) is 10.6 Å². The van der Waals surface area contributed by atoms with Crippen LogP contribution in [0.2, 0.25) is 10.0 Å². The Kier molecular flexibility index (Phi) is 10.0. The fourth-order valence-electron chi connectivity index (χ4n) is 4.42. The fourth-order valence-corrected chi connectivity index (χ4v) is 6.36. The van der Waals surface area contributed by atoms with Crippen molar-refractivity contribution in [2.75, 3.05) is 17.9 Å². The van der Waals surface area contributed by atoms with Crippen molar-refractivity contribution in [3.8, 4) is 0 Å². The molecule has 0 bridgehead atoms. The van der Waals surface area contributed by atoms with E-state index in [1.165, 1.54) is 30.1 Å². The molecular weight excluding hydrogens is 581 g/mol. The van der Waals surface area contributed by atoms with Crippen LogP contribution in [0.5, 0.6) is 0 Å². The van der Waals surface area contributed by atoms with E-state index in [9.17, 15) is 18.0 Å². The number of nitrogens with zero attached hydrogens (tertiary/aromatic N) is 2. The van der Waals surface area contributed by atoms with Crippen LogP contribution >= 0.6 is 23.2 Å². The third-order valence-corrected chi connectivity index (χ3v) is 9.01. The molecule has 7 nitrogen and oxygen atoms in total. The monoisotopic (exact) mass is 609 g/mol. The molecule has 10 heteroatoms. The molecule has 41 heavy (non-hydrogen) atoms. The maximum absolute atomic E-state index is 14.2. The summed E-state index contributed by atoms with van der Waals surface area (Å²) >= 11 is 12.9. The quantitative estimate of drug-likeness (QED) is 0.241. The molecule has 0 aliphatic carbocycles. The Morgan fingerprint density at radius 1 is 0.780 bits per heavy atom. The zero-order chi connectivity index (χ0) is 29.4. The Bertz CT molecular complexity index is 1600. The molecule has 0 aromatic heterocycles. The van der Waals surface area contributed by atoms with Crippen molar-refractivity contribution in [3.05, 3.63) is 130 Å². The third-order valence-electron chi connectivity index (χ3n) is 6.55. The van der Waals surface area contributed by atoms with Crippen LogP contribution in [-0.2, 0) is 32.6 Å². The van der Waals surface area contributed by atoms with Gasteiger partial charge in [0.15, 0.2) is 0 Å². The third kappa shape index (κ3) is 7.27. The van der Waals surface area contributed by atoms with Gasteiger partial charge >= 0.3 is 0 Å². The predicted molar refractivity (Wildman–Crippen MR) is 162 cm³/mol. The molecular formula is C31H29Cl2N3O4S. The Morgan fingerprint density at radius 3 is 1.95 bits per heavy atom. The summed E-state index contributed by atoms with van der Waals surface area (Å²) in [5, 5.41) is 3.23. The van der Waals surface area contributed by atoms with Crippen molar-refractivity contribution in [3.63, 3.8) is 0 Å². The number of hydrogen-bond acceptors (Lipinski definition) is 4. The van der Waals surface area contributed by atoms with Crippen molar-refractivity contribution in [1.82, 2.24) is 10.2 Å². The van der Waals surface area contributed by atoms with Gasteiger partial charge in [0.2, 0.25) is 11.8 Å². The van der Waals surface area contributed by atoms with Gasteiger partial charge in [-0.05, 0) is 41.5 Å². The van der Waals surface area contributed by atoms with Crippen LogP contribution in [0.25, 0.3) is 0 Å². The van der Waals surface area contributed by atoms with Crippen molar-refractivity contribution in [1.29, 1.82) is 0 Å². The van der Waals surface area contributed by atoms with Gasteiger partial charge in [-0.2, -0.15) is 0 Å². The first-order chi connectivity index (χ1) is 19.7. The number of nitrogens with one attached hydrogen (secondary N) is 1. The molecule has 212 valence electrons. The molecule has 0 radical (unpaired) electrons. The van der Waals surface area contributed by atoms with Crippen LogP contribution in [0, 0.1) is 0 Å². The molecule has 1 unspecified atom stereocenters. The summed E-state index contributed by atoms with van der Waals surface area (Å²) in [7, 11) is -2.73. The summed E-state index contributed by atoms with van der Waals surface area (Å²) in [4.78, 5) is 28.9. The number of para-hydroxylation sites is 1. The molecule has 0 spiro atoms. The number of rotatable bonds is 11. The van der Waals surface area contributed by atoms with Crippen molar-refractivity contribution in [2.24, 2.45) is 0 Å². The number of hydrogen-bond donors (Lipinski definition) is 1. The van der Waals surface area contributed by atoms with Gasteiger partial charge in [-0.25, -0.2) is 8.42 Å². The van der Waals surface area contributed by atoms with Crippen LogP contribution < -0.4 is 9.62 Å². The van der Waals surface area contributed by atoms with E-state index in [0.717, 1.165) is 9.87 Å². The van der Waals surface area contributed by atoms with E-state index in [1.54, 1.807) is 60.7 Å². The van der Waals surface area contributed by atoms with Gasteiger partial charge in [0.1, 0.15) is 12.6 Å². The maximum Gasteiger partial charge on any atom is 0.264 e. The molecule has 2 amide bonds. The molecule has 1 N–H and O–H groups in total. The van der Waals surface area contributed by atoms with Crippen molar-refractivity contribution in [2.45, 2.75) is 23.9 Å². The molecule has 4 aromatic rings. The van der Waals surface area contributed by atoms with Crippen LogP contribution in [0.15, 0.2) is 114 Å². The van der Waals surface area contributed by atoms with E-state index in [4.69, 9.17) is 23.2 Å². The average molecular weight is 611 g/mol. The molecule has 0 aliphatic heterocycles. The molecule has 4 aromatic carbocycles. The van der Waals surface area contributed by atoms with Gasteiger partial charge in [0.05, 0.1) is 15.6 Å². The first kappa shape index (κ1) is 30.1. The Hall–Kier alpha value is -3.85. The number of likely N-dealkylation sites (N-methyl/N-ethyl adjacent to an activating group) is 1. The second kappa shape index (κ2) is 13.7. The van der Waals surface area contributed by atoms with Gasteiger partial charge in [-0.3, -0.25) is 13.9 Å². The first-order valence-corrected chi connectivity index (χ1v) is 15.0. The highest BCUT2D eigenvalue weighted by molar-refractivity contribution is 7.92. The van der Waals surface area contributed by atoms with Gasteiger partial charge < -0.3 is 10.2 Å². The average Bonchev–Trinajstić information content (AvgIpc) is 2.99. The number of sulfonamides is 1. The summed E-state index contributed by atoms with van der Waals surface area (Å²) in [6.45, 7) is -0.626. The topological polar surface area (TPSA) is 86.8 Å². The molecule has 0 saturated carbocycles. The van der Waals surface area contributed by atoms with Crippen LogP contribution in [0.4, 0.5) is 5.69 Å². The number of anilines is 1. The highest BCUT2D eigenvalue weighted by Gasteiger charge is 2.35. The smallest absolute Gasteiger partial charge is 0.264 e. The number of amides is 2. The van der Waals surface area contributed by atoms with Crippen molar-refractivity contribution < 1.29 is 18.0 Å². The van der Waals surface area contributed by atoms with Crippen LogP contribution in [0.1, 0.15) is 11.1 Å². The van der Waals surface area contributed by atoms with E-state index in [2.05, 4.69) is 5.32 Å². The number of halogens is 2. The molecule has 0 heterocycles. The minimum atomic E-state index is -4.22. The Labute approximate surface area is 250 Å². The van der Waals surface area contributed by atoms with Gasteiger partial charge in [-0.15, -0.1) is 0 Å². The first-order valence-electron chi connectivity index (χ1n) is 12.8. The molecule has 4 rings (SSSR count). The summed E-state index contributed by atoms with van der Waals surface area (Å²) < 4.78 is 28.8. The van der Waals surface area contributed by atoms with E-state index < -0.39 is 34.4 Å². The highest BCUT2D eigenvalue weighted by atomic mass is 35.5. The van der Waals surface area contributed by atoms with Gasteiger partial charge in [0, 0.05) is 25.0 Å². The molecule has 0 saturated heterocycles. The second-order valence-electron chi connectivity index (χ2n) is 9.21. The number of carbonyl (C=O) groups is 2. The summed E-state index contributed by atoms with van der Waals surface area (Å²) in [5.41, 5.74) is 1.58. The summed E-state index contributed by atoms with van der Waals surface area (Å²) in [6, 6.07) is 29.6. The minimum Gasteiger partial charge on any atom is -0.357 e. The summed E-state index contributed by atoms with van der Waals surface area (Å²) in [6.07, 6.45) is 0.203. The zero-order valence-corrected chi connectivity index (χ0v) is 24.6. The summed E-state index contributed by atoms with van der Waals surface area (Å²) in [5.74, 6) is -1.00. The Balaban J connectivity index is 1.80. The fraction of sp³-hybridized carbons (Fsp3) is 0.161. The SMILES string of the molecule is CNC(=O)C(Cc1ccccc1)N(Cc1ccccc1Cl)C(=O)CN(c1ccccc1Cl)S(=O)(=O)c1ccccc1. The minimum absolute atomic E-state index is 0.00231. The second-order valence-corrected chi connectivity index (χ2v) is 11.9. The number of carbonyl (C=O) groups excluding carboxylic acids is 2. The van der Waals surface area contributed by atoms with E-state index in [-0.39, 0.29) is 28.6 Å². The van der Waals surface area contributed by atoms with Gasteiger partial charge in [0.25, 0.3) is 10.0 Å². The lowest BCUT2D eigenvalue weighted by molar-refractivity contribution is -0.139. The number of benzene rings is 4. The predicted octanol–water partition coefficient (Wildman–Crippen LogP) is 5.57. The van der Waals surface area contributed by atoms with Crippen molar-refractivity contribution >= 4 is 50.7 Å². The van der Waals surface area contributed by atoms with Crippen LogP contribution in [0.3, 0.4) is 0 Å². The van der Waals surface area contributed by atoms with Crippen LogP contribution in [-0.4, -0.2) is 44.8 Å². The molecule has 0 fully saturated rings. The van der Waals surface area contributed by atoms with E-state index in [1.807, 2.05) is 30.3 Å². The maximum atomic E-state index is 14.2. The zero-order valence-electron chi connectivity index (χ0n) is 22.3.